The minimum absolute atomic E-state index is 0.393. The van der Waals surface area contributed by atoms with Gasteiger partial charge in [0, 0.05) is 13.0 Å². The minimum atomic E-state index is -0.393. The van der Waals surface area contributed by atoms with Crippen molar-refractivity contribution in [2.75, 3.05) is 13.1 Å². The Morgan fingerprint density at radius 3 is 2.67 bits per heavy atom. The number of amidine groups is 1. The van der Waals surface area contributed by atoms with Crippen LogP contribution in [0.5, 0.6) is 0 Å². The van der Waals surface area contributed by atoms with Gasteiger partial charge in [0.25, 0.3) is 0 Å². The highest BCUT2D eigenvalue weighted by Crippen LogP contribution is 2.11. The summed E-state index contributed by atoms with van der Waals surface area (Å²) >= 11 is 0. The highest BCUT2D eigenvalue weighted by molar-refractivity contribution is 5.83. The van der Waals surface area contributed by atoms with E-state index in [9.17, 15) is 5.11 Å². The fourth-order valence-electron chi connectivity index (χ4n) is 2.26. The number of aliphatic imine (C=N–C) groups is 1. The SMILES string of the molecule is CCCCC/C=C/CCCC1=NCCN1C(C)O. The molecule has 0 saturated carbocycles. The lowest BCUT2D eigenvalue weighted by Crippen LogP contribution is -2.35. The molecule has 0 saturated heterocycles. The molecular formula is C15H28N2O. The predicted octanol–water partition coefficient (Wildman–Crippen LogP) is 3.35. The molecule has 1 heterocycles. The molecule has 0 fully saturated rings. The molecule has 18 heavy (non-hydrogen) atoms. The first kappa shape index (κ1) is 15.2. The van der Waals surface area contributed by atoms with Crippen LogP contribution in [0.2, 0.25) is 0 Å². The summed E-state index contributed by atoms with van der Waals surface area (Å²) in [5.41, 5.74) is 0. The number of unbranched alkanes of at least 4 members (excludes halogenated alkanes) is 4. The van der Waals surface area contributed by atoms with Crippen LogP contribution in [0, 0.1) is 0 Å². The zero-order chi connectivity index (χ0) is 13.2. The van der Waals surface area contributed by atoms with E-state index in [2.05, 4.69) is 24.1 Å². The van der Waals surface area contributed by atoms with Crippen molar-refractivity contribution in [2.24, 2.45) is 4.99 Å². The van der Waals surface area contributed by atoms with Crippen molar-refractivity contribution in [1.29, 1.82) is 0 Å². The molecule has 0 radical (unpaired) electrons. The van der Waals surface area contributed by atoms with Crippen LogP contribution in [0.4, 0.5) is 0 Å². The lowest BCUT2D eigenvalue weighted by atomic mass is 10.1. The van der Waals surface area contributed by atoms with Crippen molar-refractivity contribution in [3.8, 4) is 0 Å². The Labute approximate surface area is 112 Å². The van der Waals surface area contributed by atoms with Crippen LogP contribution >= 0.6 is 0 Å². The summed E-state index contributed by atoms with van der Waals surface area (Å²) in [6.45, 7) is 5.77. The van der Waals surface area contributed by atoms with Gasteiger partial charge in [0.2, 0.25) is 0 Å². The molecule has 1 rings (SSSR count). The summed E-state index contributed by atoms with van der Waals surface area (Å²) < 4.78 is 0. The van der Waals surface area contributed by atoms with Crippen LogP contribution in [0.15, 0.2) is 17.1 Å². The van der Waals surface area contributed by atoms with Gasteiger partial charge in [0.15, 0.2) is 0 Å². The quantitative estimate of drug-likeness (QED) is 0.504. The molecule has 1 aliphatic heterocycles. The lowest BCUT2D eigenvalue weighted by Gasteiger charge is -2.23. The molecule has 3 heteroatoms. The molecule has 104 valence electrons. The van der Waals surface area contributed by atoms with Gasteiger partial charge in [-0.2, -0.15) is 0 Å². The third kappa shape index (κ3) is 5.67. The summed E-state index contributed by atoms with van der Waals surface area (Å²) in [6.07, 6.45) is 12.6. The maximum Gasteiger partial charge on any atom is 0.125 e. The Bertz CT molecular complexity index is 272. The third-order valence-corrected chi connectivity index (χ3v) is 3.33. The summed E-state index contributed by atoms with van der Waals surface area (Å²) in [6, 6.07) is 0. The average molecular weight is 252 g/mol. The molecule has 0 aliphatic carbocycles. The van der Waals surface area contributed by atoms with Crippen molar-refractivity contribution in [3.63, 3.8) is 0 Å². The molecule has 1 N–H and O–H groups in total. The second-order valence-corrected chi connectivity index (χ2v) is 4.98. The summed E-state index contributed by atoms with van der Waals surface area (Å²) in [5.74, 6) is 1.09. The van der Waals surface area contributed by atoms with Crippen molar-refractivity contribution >= 4 is 5.84 Å². The van der Waals surface area contributed by atoms with Gasteiger partial charge in [-0.25, -0.2) is 0 Å². The second-order valence-electron chi connectivity index (χ2n) is 4.98. The van der Waals surface area contributed by atoms with Crippen LogP contribution in [0.1, 0.15) is 58.8 Å². The van der Waals surface area contributed by atoms with E-state index in [0.717, 1.165) is 38.2 Å². The van der Waals surface area contributed by atoms with Crippen molar-refractivity contribution in [2.45, 2.75) is 65.0 Å². The number of hydrogen-bond acceptors (Lipinski definition) is 3. The van der Waals surface area contributed by atoms with Gasteiger partial charge in [-0.1, -0.05) is 31.9 Å². The number of nitrogens with zero attached hydrogens (tertiary/aromatic N) is 2. The zero-order valence-corrected chi connectivity index (χ0v) is 11.9. The summed E-state index contributed by atoms with van der Waals surface area (Å²) in [7, 11) is 0. The molecule has 0 aromatic carbocycles. The van der Waals surface area contributed by atoms with Gasteiger partial charge in [-0.15, -0.1) is 0 Å². The maximum absolute atomic E-state index is 9.58. The van der Waals surface area contributed by atoms with E-state index in [1.165, 1.54) is 25.7 Å². The predicted molar refractivity (Wildman–Crippen MR) is 77.8 cm³/mol. The Morgan fingerprint density at radius 2 is 2.00 bits per heavy atom. The summed E-state index contributed by atoms with van der Waals surface area (Å²) in [5, 5.41) is 9.58. The second kappa shape index (κ2) is 9.15. The number of rotatable bonds is 9. The Balaban J connectivity index is 2.07. The molecule has 0 amide bonds. The normalized spacial score (nSPS) is 17.5. The Hall–Kier alpha value is -0.830. The van der Waals surface area contributed by atoms with Crippen molar-refractivity contribution in [3.05, 3.63) is 12.2 Å². The van der Waals surface area contributed by atoms with E-state index in [0.29, 0.717) is 0 Å². The standard InChI is InChI=1S/C15H28N2O/c1-3-4-5-6-7-8-9-10-11-15-16-12-13-17(15)14(2)18/h7-8,14,18H,3-6,9-13H2,1-2H3/b8-7+. The average Bonchev–Trinajstić information content (AvgIpc) is 2.81. The number of aliphatic hydroxyl groups excluding tert-OH is 1. The topological polar surface area (TPSA) is 35.8 Å². The highest BCUT2D eigenvalue weighted by atomic mass is 16.3. The van der Waals surface area contributed by atoms with E-state index in [1.807, 2.05) is 11.8 Å². The van der Waals surface area contributed by atoms with Crippen LogP contribution in [0.25, 0.3) is 0 Å². The molecule has 1 aliphatic rings. The molecule has 0 aromatic rings. The zero-order valence-electron chi connectivity index (χ0n) is 11.9. The van der Waals surface area contributed by atoms with Gasteiger partial charge in [0.1, 0.15) is 12.1 Å². The van der Waals surface area contributed by atoms with E-state index < -0.39 is 6.23 Å². The molecule has 1 unspecified atom stereocenters. The van der Waals surface area contributed by atoms with Gasteiger partial charge in [-0.3, -0.25) is 4.99 Å². The van der Waals surface area contributed by atoms with Crippen LogP contribution in [-0.4, -0.2) is 35.2 Å². The number of allylic oxidation sites excluding steroid dienone is 2. The van der Waals surface area contributed by atoms with E-state index in [1.54, 1.807) is 0 Å². The molecular weight excluding hydrogens is 224 g/mol. The Kier molecular flexibility index (Phi) is 7.74. The van der Waals surface area contributed by atoms with Crippen molar-refractivity contribution < 1.29 is 5.11 Å². The van der Waals surface area contributed by atoms with Crippen LogP contribution in [-0.2, 0) is 0 Å². The molecule has 0 bridgehead atoms. The monoisotopic (exact) mass is 252 g/mol. The molecule has 1 atom stereocenters. The first-order valence-electron chi connectivity index (χ1n) is 7.38. The van der Waals surface area contributed by atoms with Gasteiger partial charge >= 0.3 is 0 Å². The first-order chi connectivity index (χ1) is 8.75. The van der Waals surface area contributed by atoms with Crippen LogP contribution < -0.4 is 0 Å². The number of hydrogen-bond donors (Lipinski definition) is 1. The third-order valence-electron chi connectivity index (χ3n) is 3.33. The van der Waals surface area contributed by atoms with Gasteiger partial charge < -0.3 is 10.0 Å². The van der Waals surface area contributed by atoms with E-state index >= 15 is 0 Å². The minimum Gasteiger partial charge on any atom is -0.374 e. The lowest BCUT2D eigenvalue weighted by molar-refractivity contribution is 0.0766. The maximum atomic E-state index is 9.58. The van der Waals surface area contributed by atoms with E-state index in [4.69, 9.17) is 0 Å². The molecule has 0 aromatic heterocycles. The van der Waals surface area contributed by atoms with Crippen LogP contribution in [0.3, 0.4) is 0 Å². The highest BCUT2D eigenvalue weighted by Gasteiger charge is 2.19. The number of aliphatic hydroxyl groups is 1. The molecule has 0 spiro atoms. The Morgan fingerprint density at radius 1 is 1.28 bits per heavy atom. The van der Waals surface area contributed by atoms with Crippen molar-refractivity contribution in [1.82, 2.24) is 4.90 Å². The first-order valence-corrected chi connectivity index (χ1v) is 7.38. The largest absolute Gasteiger partial charge is 0.374 e. The van der Waals surface area contributed by atoms with Gasteiger partial charge in [-0.05, 0) is 32.6 Å². The summed E-state index contributed by atoms with van der Waals surface area (Å²) in [4.78, 5) is 6.46. The fraction of sp³-hybridized carbons (Fsp3) is 0.800. The fourth-order valence-corrected chi connectivity index (χ4v) is 2.26. The molecule has 3 nitrogen and oxygen atoms in total. The smallest absolute Gasteiger partial charge is 0.125 e. The van der Waals surface area contributed by atoms with E-state index in [-0.39, 0.29) is 0 Å². The van der Waals surface area contributed by atoms with Gasteiger partial charge in [0.05, 0.1) is 6.54 Å².